The number of amides is 3. The summed E-state index contributed by atoms with van der Waals surface area (Å²) in [5.41, 5.74) is 6.08. The monoisotopic (exact) mass is 464 g/mol. The molecule has 11 heteroatoms. The lowest BCUT2D eigenvalue weighted by Gasteiger charge is -2.26. The highest BCUT2D eigenvalue weighted by Crippen LogP contribution is 2.10. The zero-order valence-electron chi connectivity index (χ0n) is 18.7. The van der Waals surface area contributed by atoms with Crippen molar-refractivity contribution < 1.29 is 34.2 Å². The molecular formula is C22H32N4O7. The number of nitrogens with one attached hydrogen (secondary N) is 3. The topological polar surface area (TPSA) is 188 Å². The van der Waals surface area contributed by atoms with Crippen LogP contribution < -0.4 is 21.7 Å². The molecule has 0 spiro atoms. The van der Waals surface area contributed by atoms with Crippen molar-refractivity contribution in [2.24, 2.45) is 11.7 Å². The highest BCUT2D eigenvalue weighted by atomic mass is 16.4. The van der Waals surface area contributed by atoms with Crippen molar-refractivity contribution in [3.8, 4) is 0 Å². The molecule has 1 rings (SSSR count). The Bertz CT molecular complexity index is 831. The van der Waals surface area contributed by atoms with Gasteiger partial charge in [-0.05, 0) is 17.9 Å². The SMILES string of the molecule is CCC(C)C(NC(=O)C(CCC(=O)O)NC(=O)C(Cc1ccccc1)NC(=O)CN)C(=O)O. The van der Waals surface area contributed by atoms with Crippen LogP contribution in [0.4, 0.5) is 0 Å². The maximum Gasteiger partial charge on any atom is 0.326 e. The number of hydrogen-bond acceptors (Lipinski definition) is 6. The summed E-state index contributed by atoms with van der Waals surface area (Å²) < 4.78 is 0. The van der Waals surface area contributed by atoms with E-state index in [1.54, 1.807) is 44.2 Å². The first-order valence-corrected chi connectivity index (χ1v) is 10.7. The molecule has 0 aliphatic carbocycles. The van der Waals surface area contributed by atoms with Crippen molar-refractivity contribution in [2.75, 3.05) is 6.54 Å². The summed E-state index contributed by atoms with van der Waals surface area (Å²) in [5.74, 6) is -4.94. The van der Waals surface area contributed by atoms with Crippen molar-refractivity contribution in [3.05, 3.63) is 35.9 Å². The van der Waals surface area contributed by atoms with Gasteiger partial charge in [0.2, 0.25) is 17.7 Å². The summed E-state index contributed by atoms with van der Waals surface area (Å²) in [6.45, 7) is 3.07. The van der Waals surface area contributed by atoms with Gasteiger partial charge in [-0.1, -0.05) is 50.6 Å². The van der Waals surface area contributed by atoms with Gasteiger partial charge < -0.3 is 31.9 Å². The number of hydrogen-bond donors (Lipinski definition) is 6. The molecule has 0 saturated carbocycles. The first-order valence-electron chi connectivity index (χ1n) is 10.7. The van der Waals surface area contributed by atoms with Crippen LogP contribution in [-0.2, 0) is 30.4 Å². The number of carboxylic acids is 2. The van der Waals surface area contributed by atoms with Gasteiger partial charge in [0, 0.05) is 12.8 Å². The second kappa shape index (κ2) is 13.8. The van der Waals surface area contributed by atoms with E-state index in [9.17, 15) is 29.1 Å². The summed E-state index contributed by atoms with van der Waals surface area (Å²) >= 11 is 0. The third-order valence-corrected chi connectivity index (χ3v) is 5.18. The van der Waals surface area contributed by atoms with Gasteiger partial charge in [0.1, 0.15) is 18.1 Å². The molecule has 33 heavy (non-hydrogen) atoms. The number of nitrogens with two attached hydrogens (primary N) is 1. The lowest BCUT2D eigenvalue weighted by atomic mass is 9.98. The van der Waals surface area contributed by atoms with E-state index in [0.717, 1.165) is 5.56 Å². The summed E-state index contributed by atoms with van der Waals surface area (Å²) in [7, 11) is 0. The molecule has 0 fully saturated rings. The molecule has 3 amide bonds. The number of aliphatic carboxylic acids is 2. The van der Waals surface area contributed by atoms with Crippen molar-refractivity contribution in [3.63, 3.8) is 0 Å². The third-order valence-electron chi connectivity index (χ3n) is 5.18. The molecule has 1 aromatic rings. The van der Waals surface area contributed by atoms with E-state index < -0.39 is 60.1 Å². The van der Waals surface area contributed by atoms with E-state index in [1.807, 2.05) is 0 Å². The van der Waals surface area contributed by atoms with Gasteiger partial charge in [0.05, 0.1) is 6.54 Å². The molecule has 0 saturated heterocycles. The standard InChI is InChI=1S/C22H32N4O7/c1-3-13(2)19(22(32)33)26-20(30)15(9-10-18(28)29)25-21(31)16(24-17(27)12-23)11-14-7-5-4-6-8-14/h4-8,13,15-16,19H,3,9-12,23H2,1-2H3,(H,24,27)(H,25,31)(H,26,30)(H,28,29)(H,32,33). The van der Waals surface area contributed by atoms with Gasteiger partial charge in [-0.25, -0.2) is 4.79 Å². The highest BCUT2D eigenvalue weighted by molar-refractivity contribution is 5.94. The van der Waals surface area contributed by atoms with Gasteiger partial charge in [-0.15, -0.1) is 0 Å². The quantitative estimate of drug-likeness (QED) is 0.215. The second-order valence-electron chi connectivity index (χ2n) is 7.72. The van der Waals surface area contributed by atoms with Crippen LogP contribution in [0.1, 0.15) is 38.7 Å². The predicted molar refractivity (Wildman–Crippen MR) is 119 cm³/mol. The van der Waals surface area contributed by atoms with Gasteiger partial charge in [0.15, 0.2) is 0 Å². The summed E-state index contributed by atoms with van der Waals surface area (Å²) in [6, 6.07) is 5.24. The fraction of sp³-hybridized carbons (Fsp3) is 0.500. The number of rotatable bonds is 14. The van der Waals surface area contributed by atoms with E-state index in [2.05, 4.69) is 16.0 Å². The van der Waals surface area contributed by atoms with Gasteiger partial charge in [-0.2, -0.15) is 0 Å². The first kappa shape index (κ1) is 27.6. The number of carbonyl (C=O) groups excluding carboxylic acids is 3. The molecule has 182 valence electrons. The molecule has 0 radical (unpaired) electrons. The lowest BCUT2D eigenvalue weighted by molar-refractivity contribution is -0.144. The Hall–Kier alpha value is -3.47. The van der Waals surface area contributed by atoms with Crippen LogP contribution >= 0.6 is 0 Å². The first-order chi connectivity index (χ1) is 15.6. The minimum Gasteiger partial charge on any atom is -0.481 e. The largest absolute Gasteiger partial charge is 0.481 e. The van der Waals surface area contributed by atoms with Crippen LogP contribution in [0.3, 0.4) is 0 Å². The van der Waals surface area contributed by atoms with E-state index >= 15 is 0 Å². The van der Waals surface area contributed by atoms with Crippen LogP contribution in [0.2, 0.25) is 0 Å². The van der Waals surface area contributed by atoms with E-state index in [-0.39, 0.29) is 19.4 Å². The molecule has 0 heterocycles. The molecular weight excluding hydrogens is 432 g/mol. The Kier molecular flexibility index (Phi) is 11.6. The van der Waals surface area contributed by atoms with Gasteiger partial charge >= 0.3 is 11.9 Å². The molecule has 0 aliphatic heterocycles. The Morgan fingerprint density at radius 1 is 0.939 bits per heavy atom. The van der Waals surface area contributed by atoms with Gasteiger partial charge in [-0.3, -0.25) is 19.2 Å². The van der Waals surface area contributed by atoms with Crippen LogP contribution in [0.5, 0.6) is 0 Å². The Morgan fingerprint density at radius 2 is 1.55 bits per heavy atom. The molecule has 1 aromatic carbocycles. The minimum absolute atomic E-state index is 0.107. The maximum atomic E-state index is 13.0. The normalized spacial score (nSPS) is 14.3. The third kappa shape index (κ3) is 9.69. The number of carbonyl (C=O) groups is 5. The summed E-state index contributed by atoms with van der Waals surface area (Å²) in [4.78, 5) is 60.2. The number of benzene rings is 1. The smallest absolute Gasteiger partial charge is 0.326 e. The van der Waals surface area contributed by atoms with Crippen LogP contribution in [-0.4, -0.2) is 64.5 Å². The van der Waals surface area contributed by atoms with Crippen LogP contribution in [0.25, 0.3) is 0 Å². The van der Waals surface area contributed by atoms with Crippen molar-refractivity contribution >= 4 is 29.7 Å². The van der Waals surface area contributed by atoms with Gasteiger partial charge in [0.25, 0.3) is 0 Å². The Balaban J connectivity index is 3.06. The summed E-state index contributed by atoms with van der Waals surface area (Å²) in [6.07, 6.45) is -0.107. The van der Waals surface area contributed by atoms with E-state index in [4.69, 9.17) is 10.8 Å². The van der Waals surface area contributed by atoms with E-state index in [0.29, 0.717) is 6.42 Å². The van der Waals surface area contributed by atoms with Crippen molar-refractivity contribution in [1.29, 1.82) is 0 Å². The molecule has 0 aromatic heterocycles. The Labute approximate surface area is 192 Å². The molecule has 7 N–H and O–H groups in total. The molecule has 4 atom stereocenters. The lowest BCUT2D eigenvalue weighted by Crippen LogP contribution is -2.57. The zero-order valence-corrected chi connectivity index (χ0v) is 18.7. The predicted octanol–water partition coefficient (Wildman–Crippen LogP) is -0.362. The number of carboxylic acid groups (broad SMARTS) is 2. The average Bonchev–Trinajstić information content (AvgIpc) is 2.78. The van der Waals surface area contributed by atoms with Crippen LogP contribution in [0, 0.1) is 5.92 Å². The average molecular weight is 465 g/mol. The fourth-order valence-corrected chi connectivity index (χ4v) is 3.06. The maximum absolute atomic E-state index is 13.0. The fourth-order valence-electron chi connectivity index (χ4n) is 3.06. The molecule has 11 nitrogen and oxygen atoms in total. The zero-order chi connectivity index (χ0) is 25.0. The highest BCUT2D eigenvalue weighted by Gasteiger charge is 2.31. The summed E-state index contributed by atoms with van der Waals surface area (Å²) in [5, 5.41) is 25.8. The van der Waals surface area contributed by atoms with Crippen LogP contribution in [0.15, 0.2) is 30.3 Å². The molecule has 0 bridgehead atoms. The Morgan fingerprint density at radius 3 is 2.06 bits per heavy atom. The van der Waals surface area contributed by atoms with Crippen molar-refractivity contribution in [2.45, 2.75) is 57.7 Å². The van der Waals surface area contributed by atoms with Crippen molar-refractivity contribution in [1.82, 2.24) is 16.0 Å². The second-order valence-corrected chi connectivity index (χ2v) is 7.72. The minimum atomic E-state index is -1.31. The van der Waals surface area contributed by atoms with E-state index in [1.165, 1.54) is 0 Å². The molecule has 4 unspecified atom stereocenters. The molecule has 0 aliphatic rings.